The predicted molar refractivity (Wildman–Crippen MR) is 69.5 cm³/mol. The molecule has 94 valence electrons. The molecule has 1 aromatic heterocycles. The highest BCUT2D eigenvalue weighted by Gasteiger charge is 2.13. The molecule has 0 aliphatic heterocycles. The number of carbonyl (C=O) groups is 1. The van der Waals surface area contributed by atoms with Crippen LogP contribution in [0.25, 0.3) is 0 Å². The van der Waals surface area contributed by atoms with E-state index in [0.717, 1.165) is 5.56 Å². The fraction of sp³-hybridized carbons (Fsp3) is 0.167. The van der Waals surface area contributed by atoms with Crippen LogP contribution in [0.1, 0.15) is 21.6 Å². The van der Waals surface area contributed by atoms with E-state index in [2.05, 4.69) is 5.10 Å². The van der Waals surface area contributed by atoms with Crippen LogP contribution >= 0.6 is 23.2 Å². The van der Waals surface area contributed by atoms with Crippen LogP contribution in [0.2, 0.25) is 10.0 Å². The van der Waals surface area contributed by atoms with Gasteiger partial charge in [-0.15, -0.1) is 0 Å². The van der Waals surface area contributed by atoms with Crippen LogP contribution in [-0.2, 0) is 6.54 Å². The Morgan fingerprint density at radius 1 is 1.44 bits per heavy atom. The number of nitrogens with zero attached hydrogens (tertiary/aromatic N) is 2. The second kappa shape index (κ2) is 5.00. The van der Waals surface area contributed by atoms with Crippen LogP contribution in [-0.4, -0.2) is 20.9 Å². The molecule has 0 saturated heterocycles. The molecular weight excluding hydrogens is 275 g/mol. The first-order chi connectivity index (χ1) is 8.49. The number of carboxylic acids is 1. The van der Waals surface area contributed by atoms with E-state index in [9.17, 15) is 4.79 Å². The van der Waals surface area contributed by atoms with Crippen molar-refractivity contribution in [2.75, 3.05) is 0 Å². The summed E-state index contributed by atoms with van der Waals surface area (Å²) in [5, 5.41) is 14.0. The number of hydrogen-bond acceptors (Lipinski definition) is 2. The second-order valence-corrected chi connectivity index (χ2v) is 4.63. The van der Waals surface area contributed by atoms with E-state index in [1.54, 1.807) is 19.1 Å². The van der Waals surface area contributed by atoms with E-state index in [-0.39, 0.29) is 5.56 Å². The highest BCUT2D eigenvalue weighted by molar-refractivity contribution is 6.42. The van der Waals surface area contributed by atoms with E-state index in [1.165, 1.54) is 10.9 Å². The highest BCUT2D eigenvalue weighted by Crippen LogP contribution is 2.26. The SMILES string of the molecule is Cc1nn(Cc2cccc(Cl)c2Cl)cc1C(=O)O. The van der Waals surface area contributed by atoms with Gasteiger partial charge in [0.25, 0.3) is 0 Å². The molecule has 0 bridgehead atoms. The molecule has 0 aliphatic carbocycles. The lowest BCUT2D eigenvalue weighted by Gasteiger charge is -2.05. The summed E-state index contributed by atoms with van der Waals surface area (Å²) >= 11 is 12.0. The number of rotatable bonds is 3. The Morgan fingerprint density at radius 2 is 2.17 bits per heavy atom. The third-order valence-corrected chi connectivity index (χ3v) is 3.40. The van der Waals surface area contributed by atoms with Gasteiger partial charge in [-0.3, -0.25) is 4.68 Å². The molecule has 1 N–H and O–H groups in total. The standard InChI is InChI=1S/C12H10Cl2N2O2/c1-7-9(12(17)18)6-16(15-7)5-8-3-2-4-10(13)11(8)14/h2-4,6H,5H2,1H3,(H,17,18). The fourth-order valence-electron chi connectivity index (χ4n) is 1.65. The Morgan fingerprint density at radius 3 is 2.78 bits per heavy atom. The Bertz CT molecular complexity index is 608. The number of carboxylic acid groups (broad SMARTS) is 1. The zero-order valence-electron chi connectivity index (χ0n) is 9.52. The molecule has 0 amide bonds. The molecule has 1 aromatic carbocycles. The minimum absolute atomic E-state index is 0.188. The van der Waals surface area contributed by atoms with Crippen molar-refractivity contribution < 1.29 is 9.90 Å². The van der Waals surface area contributed by atoms with E-state index < -0.39 is 5.97 Å². The second-order valence-electron chi connectivity index (χ2n) is 3.84. The average molecular weight is 285 g/mol. The van der Waals surface area contributed by atoms with Crippen molar-refractivity contribution in [1.29, 1.82) is 0 Å². The summed E-state index contributed by atoms with van der Waals surface area (Å²) in [6.45, 7) is 2.03. The average Bonchev–Trinajstić information content (AvgIpc) is 2.66. The fourth-order valence-corrected chi connectivity index (χ4v) is 2.03. The van der Waals surface area contributed by atoms with Crippen molar-refractivity contribution in [2.45, 2.75) is 13.5 Å². The topological polar surface area (TPSA) is 55.1 Å². The van der Waals surface area contributed by atoms with Gasteiger partial charge in [0, 0.05) is 6.20 Å². The molecule has 0 radical (unpaired) electrons. The summed E-state index contributed by atoms with van der Waals surface area (Å²) in [6, 6.07) is 5.31. The van der Waals surface area contributed by atoms with Crippen LogP contribution < -0.4 is 0 Å². The first kappa shape index (κ1) is 12.9. The van der Waals surface area contributed by atoms with Crippen molar-refractivity contribution >= 4 is 29.2 Å². The molecule has 0 spiro atoms. The molecule has 0 fully saturated rings. The molecule has 2 rings (SSSR count). The van der Waals surface area contributed by atoms with Gasteiger partial charge in [0.1, 0.15) is 5.56 Å². The van der Waals surface area contributed by atoms with Crippen LogP contribution in [0.5, 0.6) is 0 Å². The number of benzene rings is 1. The molecule has 0 unspecified atom stereocenters. The molecule has 1 heterocycles. The highest BCUT2D eigenvalue weighted by atomic mass is 35.5. The monoisotopic (exact) mass is 284 g/mol. The van der Waals surface area contributed by atoms with Crippen LogP contribution in [0.15, 0.2) is 24.4 Å². The van der Waals surface area contributed by atoms with Crippen LogP contribution in [0, 0.1) is 6.92 Å². The smallest absolute Gasteiger partial charge is 0.339 e. The zero-order valence-corrected chi connectivity index (χ0v) is 11.0. The third-order valence-electron chi connectivity index (χ3n) is 2.54. The molecule has 0 saturated carbocycles. The van der Waals surface area contributed by atoms with E-state index in [4.69, 9.17) is 28.3 Å². The van der Waals surface area contributed by atoms with Crippen LogP contribution in [0.3, 0.4) is 0 Å². The summed E-state index contributed by atoms with van der Waals surface area (Å²) in [4.78, 5) is 10.9. The van der Waals surface area contributed by atoms with E-state index in [0.29, 0.717) is 22.3 Å². The Balaban J connectivity index is 2.32. The molecule has 4 nitrogen and oxygen atoms in total. The van der Waals surface area contributed by atoms with Gasteiger partial charge in [0.15, 0.2) is 0 Å². The number of hydrogen-bond donors (Lipinski definition) is 1. The molecule has 0 aliphatic rings. The Kier molecular flexibility index (Phi) is 3.59. The van der Waals surface area contributed by atoms with Crippen molar-refractivity contribution in [3.8, 4) is 0 Å². The number of aromatic nitrogens is 2. The third kappa shape index (κ3) is 2.49. The van der Waals surface area contributed by atoms with Gasteiger partial charge in [-0.1, -0.05) is 35.3 Å². The quantitative estimate of drug-likeness (QED) is 0.941. The molecule has 2 aromatic rings. The molecule has 18 heavy (non-hydrogen) atoms. The minimum Gasteiger partial charge on any atom is -0.478 e. The molecule has 6 heteroatoms. The maximum Gasteiger partial charge on any atom is 0.339 e. The predicted octanol–water partition coefficient (Wildman–Crippen LogP) is 3.24. The van der Waals surface area contributed by atoms with Gasteiger partial charge in [0.05, 0.1) is 22.3 Å². The Labute approximate surface area is 114 Å². The number of aromatic carboxylic acids is 1. The summed E-state index contributed by atoms with van der Waals surface area (Å²) in [5.74, 6) is -0.990. The van der Waals surface area contributed by atoms with Gasteiger partial charge < -0.3 is 5.11 Å². The maximum absolute atomic E-state index is 10.9. The van der Waals surface area contributed by atoms with E-state index >= 15 is 0 Å². The van der Waals surface area contributed by atoms with Crippen molar-refractivity contribution in [3.63, 3.8) is 0 Å². The summed E-state index contributed by atoms with van der Waals surface area (Å²) in [6.07, 6.45) is 1.48. The minimum atomic E-state index is -0.990. The van der Waals surface area contributed by atoms with Gasteiger partial charge in [0.2, 0.25) is 0 Å². The summed E-state index contributed by atoms with van der Waals surface area (Å²) in [7, 11) is 0. The lowest BCUT2D eigenvalue weighted by atomic mass is 10.2. The Hall–Kier alpha value is -1.52. The largest absolute Gasteiger partial charge is 0.478 e. The number of aryl methyl sites for hydroxylation is 1. The van der Waals surface area contributed by atoms with Gasteiger partial charge in [-0.25, -0.2) is 4.79 Å². The first-order valence-electron chi connectivity index (χ1n) is 5.19. The van der Waals surface area contributed by atoms with E-state index in [1.807, 2.05) is 6.07 Å². The van der Waals surface area contributed by atoms with Crippen LogP contribution in [0.4, 0.5) is 0 Å². The van der Waals surface area contributed by atoms with Gasteiger partial charge in [-0.2, -0.15) is 5.10 Å². The van der Waals surface area contributed by atoms with Gasteiger partial charge >= 0.3 is 5.97 Å². The van der Waals surface area contributed by atoms with Crippen molar-refractivity contribution in [3.05, 3.63) is 51.3 Å². The zero-order chi connectivity index (χ0) is 13.3. The normalized spacial score (nSPS) is 10.6. The number of halogens is 2. The summed E-state index contributed by atoms with van der Waals surface area (Å²) in [5.41, 5.74) is 1.46. The molecular formula is C12H10Cl2N2O2. The molecule has 0 atom stereocenters. The maximum atomic E-state index is 10.9. The van der Waals surface area contributed by atoms with Gasteiger partial charge in [-0.05, 0) is 18.6 Å². The van der Waals surface area contributed by atoms with Crippen molar-refractivity contribution in [1.82, 2.24) is 9.78 Å². The lowest BCUT2D eigenvalue weighted by Crippen LogP contribution is -2.01. The van der Waals surface area contributed by atoms with Crippen molar-refractivity contribution in [2.24, 2.45) is 0 Å². The summed E-state index contributed by atoms with van der Waals surface area (Å²) < 4.78 is 1.54. The lowest BCUT2D eigenvalue weighted by molar-refractivity contribution is 0.0696. The first-order valence-corrected chi connectivity index (χ1v) is 5.95.